The minimum atomic E-state index is -0.662. The predicted octanol–water partition coefficient (Wildman–Crippen LogP) is 5.79. The number of hydrogen-bond acceptors (Lipinski definition) is 2. The van der Waals surface area contributed by atoms with Crippen molar-refractivity contribution in [3.63, 3.8) is 0 Å². The SMILES string of the molecule is C=C(N)CCCCCCCCCCCCCCCCC(=O)O. The quantitative estimate of drug-likeness (QED) is 0.334. The van der Waals surface area contributed by atoms with Crippen molar-refractivity contribution in [2.45, 2.75) is 103 Å². The van der Waals surface area contributed by atoms with Gasteiger partial charge in [-0.05, 0) is 19.3 Å². The van der Waals surface area contributed by atoms with Crippen LogP contribution < -0.4 is 5.73 Å². The van der Waals surface area contributed by atoms with Crippen LogP contribution in [0.5, 0.6) is 0 Å². The first kappa shape index (κ1) is 21.0. The molecule has 3 N–H and O–H groups in total. The normalized spacial score (nSPS) is 10.7. The minimum Gasteiger partial charge on any atom is -0.481 e. The molecular formula is C19H37NO2. The van der Waals surface area contributed by atoms with E-state index in [1.807, 2.05) is 0 Å². The van der Waals surface area contributed by atoms with Gasteiger partial charge in [0.25, 0.3) is 0 Å². The maximum Gasteiger partial charge on any atom is 0.303 e. The number of aliphatic carboxylic acids is 1. The summed E-state index contributed by atoms with van der Waals surface area (Å²) in [5, 5.41) is 8.53. The van der Waals surface area contributed by atoms with Crippen LogP contribution in [0.4, 0.5) is 0 Å². The van der Waals surface area contributed by atoms with Gasteiger partial charge in [-0.3, -0.25) is 4.79 Å². The van der Waals surface area contributed by atoms with Crippen molar-refractivity contribution in [3.8, 4) is 0 Å². The molecule has 0 rings (SSSR count). The second-order valence-corrected chi connectivity index (χ2v) is 6.50. The summed E-state index contributed by atoms with van der Waals surface area (Å²) < 4.78 is 0. The Morgan fingerprint density at radius 2 is 0.909 bits per heavy atom. The van der Waals surface area contributed by atoms with Crippen molar-refractivity contribution < 1.29 is 9.90 Å². The van der Waals surface area contributed by atoms with Gasteiger partial charge < -0.3 is 10.8 Å². The Labute approximate surface area is 137 Å². The zero-order valence-electron chi connectivity index (χ0n) is 14.5. The Hall–Kier alpha value is -0.990. The minimum absolute atomic E-state index is 0.334. The maximum atomic E-state index is 10.4. The molecule has 0 heterocycles. The van der Waals surface area contributed by atoms with Crippen molar-refractivity contribution in [2.24, 2.45) is 5.73 Å². The highest BCUT2D eigenvalue weighted by Gasteiger charge is 1.97. The summed E-state index contributed by atoms with van der Waals surface area (Å²) in [6.07, 6.45) is 19.0. The lowest BCUT2D eigenvalue weighted by Gasteiger charge is -2.03. The third-order valence-electron chi connectivity index (χ3n) is 4.14. The summed E-state index contributed by atoms with van der Waals surface area (Å²) in [4.78, 5) is 10.4. The molecule has 0 spiro atoms. The fourth-order valence-corrected chi connectivity index (χ4v) is 2.75. The summed E-state index contributed by atoms with van der Waals surface area (Å²) in [6.45, 7) is 3.72. The molecule has 0 saturated carbocycles. The molecule has 0 amide bonds. The topological polar surface area (TPSA) is 63.3 Å². The molecule has 3 heteroatoms. The Kier molecular flexibility index (Phi) is 15.6. The third kappa shape index (κ3) is 19.0. The van der Waals surface area contributed by atoms with E-state index >= 15 is 0 Å². The zero-order valence-corrected chi connectivity index (χ0v) is 14.5. The molecular weight excluding hydrogens is 274 g/mol. The lowest BCUT2D eigenvalue weighted by molar-refractivity contribution is -0.137. The number of rotatable bonds is 17. The Balaban J connectivity index is 2.99. The van der Waals surface area contributed by atoms with Crippen LogP contribution in [-0.2, 0) is 4.79 Å². The third-order valence-corrected chi connectivity index (χ3v) is 4.14. The summed E-state index contributed by atoms with van der Waals surface area (Å²) in [5.41, 5.74) is 6.36. The molecule has 0 radical (unpaired) electrons. The number of nitrogens with two attached hydrogens (primary N) is 1. The van der Waals surface area contributed by atoms with Crippen LogP contribution in [0.2, 0.25) is 0 Å². The Morgan fingerprint density at radius 3 is 1.18 bits per heavy atom. The summed E-state index contributed by atoms with van der Waals surface area (Å²) in [7, 11) is 0. The molecule has 3 nitrogen and oxygen atoms in total. The standard InChI is InChI=1S/C19H37NO2/c1-18(20)16-14-12-10-8-6-4-2-3-5-7-9-11-13-15-17-19(21)22/h1-17,20H2,(H,21,22). The first-order valence-electron chi connectivity index (χ1n) is 9.28. The lowest BCUT2D eigenvalue weighted by Crippen LogP contribution is -1.93. The van der Waals surface area contributed by atoms with E-state index in [1.54, 1.807) is 0 Å². The molecule has 22 heavy (non-hydrogen) atoms. The molecule has 0 aromatic carbocycles. The van der Waals surface area contributed by atoms with Gasteiger partial charge in [0, 0.05) is 12.1 Å². The van der Waals surface area contributed by atoms with Gasteiger partial charge >= 0.3 is 5.97 Å². The van der Waals surface area contributed by atoms with Crippen LogP contribution in [0.3, 0.4) is 0 Å². The van der Waals surface area contributed by atoms with Crippen LogP contribution in [0.25, 0.3) is 0 Å². The Morgan fingerprint density at radius 1 is 0.636 bits per heavy atom. The number of allylic oxidation sites excluding steroid dienone is 1. The van der Waals surface area contributed by atoms with E-state index in [0.29, 0.717) is 6.42 Å². The highest BCUT2D eigenvalue weighted by Crippen LogP contribution is 2.14. The first-order chi connectivity index (χ1) is 10.6. The van der Waals surface area contributed by atoms with Gasteiger partial charge in [-0.15, -0.1) is 0 Å². The lowest BCUT2D eigenvalue weighted by atomic mass is 10.0. The van der Waals surface area contributed by atoms with E-state index in [1.165, 1.54) is 77.0 Å². The Bertz CT molecular complexity index is 249. The molecule has 0 aliphatic carbocycles. The van der Waals surface area contributed by atoms with Gasteiger partial charge in [-0.2, -0.15) is 0 Å². The molecule has 0 bridgehead atoms. The molecule has 0 aliphatic rings. The number of carboxylic acid groups (broad SMARTS) is 1. The molecule has 0 atom stereocenters. The number of carboxylic acids is 1. The second kappa shape index (κ2) is 16.4. The molecule has 0 fully saturated rings. The van der Waals surface area contributed by atoms with E-state index in [2.05, 4.69) is 6.58 Å². The highest BCUT2D eigenvalue weighted by atomic mass is 16.4. The maximum absolute atomic E-state index is 10.4. The molecule has 0 saturated heterocycles. The van der Waals surface area contributed by atoms with E-state index < -0.39 is 5.97 Å². The van der Waals surface area contributed by atoms with Gasteiger partial charge in [0.15, 0.2) is 0 Å². The van der Waals surface area contributed by atoms with E-state index in [-0.39, 0.29) is 0 Å². The van der Waals surface area contributed by atoms with E-state index in [4.69, 9.17) is 10.8 Å². The fraction of sp³-hybridized carbons (Fsp3) is 0.842. The van der Waals surface area contributed by atoms with E-state index in [9.17, 15) is 4.79 Å². The van der Waals surface area contributed by atoms with Crippen LogP contribution in [0, 0.1) is 0 Å². The average Bonchev–Trinajstić information content (AvgIpc) is 2.46. The molecule has 0 aromatic rings. The van der Waals surface area contributed by atoms with Crippen LogP contribution in [-0.4, -0.2) is 11.1 Å². The zero-order chi connectivity index (χ0) is 16.5. The average molecular weight is 312 g/mol. The fourth-order valence-electron chi connectivity index (χ4n) is 2.75. The number of carbonyl (C=O) groups is 1. The van der Waals surface area contributed by atoms with E-state index in [0.717, 1.165) is 25.0 Å². The monoisotopic (exact) mass is 311 g/mol. The van der Waals surface area contributed by atoms with Gasteiger partial charge in [-0.1, -0.05) is 83.6 Å². The van der Waals surface area contributed by atoms with Crippen molar-refractivity contribution in [3.05, 3.63) is 12.3 Å². The van der Waals surface area contributed by atoms with Crippen molar-refractivity contribution in [1.29, 1.82) is 0 Å². The summed E-state index contributed by atoms with van der Waals surface area (Å²) in [5.74, 6) is -0.662. The highest BCUT2D eigenvalue weighted by molar-refractivity contribution is 5.66. The molecule has 0 aliphatic heterocycles. The summed E-state index contributed by atoms with van der Waals surface area (Å²) in [6, 6.07) is 0. The number of unbranched alkanes of at least 4 members (excludes halogenated alkanes) is 13. The van der Waals surface area contributed by atoms with Crippen LogP contribution >= 0.6 is 0 Å². The second-order valence-electron chi connectivity index (χ2n) is 6.50. The first-order valence-corrected chi connectivity index (χ1v) is 9.28. The van der Waals surface area contributed by atoms with Gasteiger partial charge in [0.05, 0.1) is 0 Å². The van der Waals surface area contributed by atoms with Gasteiger partial charge in [-0.25, -0.2) is 0 Å². The van der Waals surface area contributed by atoms with Crippen molar-refractivity contribution in [2.75, 3.05) is 0 Å². The van der Waals surface area contributed by atoms with Crippen LogP contribution in [0.15, 0.2) is 12.3 Å². The molecule has 0 unspecified atom stereocenters. The van der Waals surface area contributed by atoms with Crippen molar-refractivity contribution >= 4 is 5.97 Å². The van der Waals surface area contributed by atoms with Crippen LogP contribution in [0.1, 0.15) is 103 Å². The van der Waals surface area contributed by atoms with Crippen molar-refractivity contribution in [1.82, 2.24) is 0 Å². The smallest absolute Gasteiger partial charge is 0.303 e. The van der Waals surface area contributed by atoms with Gasteiger partial charge in [0.1, 0.15) is 0 Å². The number of hydrogen-bond donors (Lipinski definition) is 2. The molecule has 130 valence electrons. The largest absolute Gasteiger partial charge is 0.481 e. The summed E-state index contributed by atoms with van der Waals surface area (Å²) >= 11 is 0. The molecule has 0 aromatic heterocycles. The van der Waals surface area contributed by atoms with Gasteiger partial charge in [0.2, 0.25) is 0 Å². The predicted molar refractivity (Wildman–Crippen MR) is 94.8 cm³/mol.